The second-order valence-corrected chi connectivity index (χ2v) is 5.21. The highest BCUT2D eigenvalue weighted by Gasteiger charge is 2.30. The number of hydrogen-bond donors (Lipinski definition) is 0. The van der Waals surface area contributed by atoms with E-state index in [0.29, 0.717) is 23.7 Å². The van der Waals surface area contributed by atoms with Crippen molar-refractivity contribution in [2.24, 2.45) is 0 Å². The summed E-state index contributed by atoms with van der Waals surface area (Å²) in [5, 5.41) is 0. The number of carbonyl (C=O) groups is 1. The van der Waals surface area contributed by atoms with Gasteiger partial charge in [0.1, 0.15) is 17.2 Å². The third kappa shape index (κ3) is 2.80. The van der Waals surface area contributed by atoms with Crippen LogP contribution in [0.1, 0.15) is 28.4 Å². The van der Waals surface area contributed by atoms with Crippen molar-refractivity contribution in [2.75, 3.05) is 13.7 Å². The van der Waals surface area contributed by atoms with Crippen LogP contribution in [-0.4, -0.2) is 19.5 Å². The van der Waals surface area contributed by atoms with E-state index in [0.717, 1.165) is 22.6 Å². The molecule has 23 heavy (non-hydrogen) atoms. The van der Waals surface area contributed by atoms with Crippen LogP contribution in [0, 0.1) is 6.92 Å². The zero-order valence-corrected chi connectivity index (χ0v) is 13.4. The largest absolute Gasteiger partial charge is 0.497 e. The molecule has 0 N–H and O–H groups in total. The van der Waals surface area contributed by atoms with Crippen LogP contribution in [0.5, 0.6) is 17.2 Å². The van der Waals surface area contributed by atoms with Crippen molar-refractivity contribution in [1.29, 1.82) is 0 Å². The molecule has 0 bridgehead atoms. The first-order chi connectivity index (χ1) is 11.1. The summed E-state index contributed by atoms with van der Waals surface area (Å²) >= 11 is 0. The van der Waals surface area contributed by atoms with Crippen LogP contribution in [-0.2, 0) is 0 Å². The highest BCUT2D eigenvalue weighted by Crippen LogP contribution is 2.39. The molecule has 0 spiro atoms. The summed E-state index contributed by atoms with van der Waals surface area (Å²) in [5.74, 6) is 2.24. The fraction of sp³-hybridized carbons (Fsp3) is 0.211. The lowest BCUT2D eigenvalue weighted by molar-refractivity contribution is 0.101. The predicted molar refractivity (Wildman–Crippen MR) is 88.3 cm³/mol. The van der Waals surface area contributed by atoms with E-state index in [4.69, 9.17) is 14.2 Å². The Kier molecular flexibility index (Phi) is 4.06. The van der Waals surface area contributed by atoms with Crippen LogP contribution in [0.2, 0.25) is 0 Å². The molecule has 0 atom stereocenters. The first-order valence-electron chi connectivity index (χ1n) is 7.48. The van der Waals surface area contributed by atoms with E-state index in [1.807, 2.05) is 44.2 Å². The molecule has 2 aromatic rings. The molecular formula is C19H18O4. The normalized spacial score (nSPS) is 14.6. The standard InChI is InChI=1S/C19H18O4/c1-4-22-16-9-8-15-18(20)17(23-19(15)12(16)2)11-13-6-5-7-14(10-13)21-3/h5-11H,4H2,1-3H3/b17-11-. The maximum Gasteiger partial charge on any atom is 0.231 e. The Labute approximate surface area is 135 Å². The topological polar surface area (TPSA) is 44.8 Å². The van der Waals surface area contributed by atoms with Gasteiger partial charge in [0, 0.05) is 5.56 Å². The SMILES string of the molecule is CCOc1ccc2c(c1C)O/C(=C\c1cccc(OC)c1)C2=O. The molecule has 2 aromatic carbocycles. The molecule has 118 valence electrons. The Hall–Kier alpha value is -2.75. The van der Waals surface area contributed by atoms with Gasteiger partial charge in [-0.3, -0.25) is 4.79 Å². The predicted octanol–water partition coefficient (Wildman–Crippen LogP) is 4.02. The summed E-state index contributed by atoms with van der Waals surface area (Å²) < 4.78 is 16.6. The Morgan fingerprint density at radius 3 is 2.78 bits per heavy atom. The number of rotatable bonds is 4. The van der Waals surface area contributed by atoms with E-state index in [2.05, 4.69) is 0 Å². The Morgan fingerprint density at radius 2 is 2.04 bits per heavy atom. The van der Waals surface area contributed by atoms with Gasteiger partial charge < -0.3 is 14.2 Å². The lowest BCUT2D eigenvalue weighted by atomic mass is 10.1. The van der Waals surface area contributed by atoms with E-state index >= 15 is 0 Å². The molecule has 0 saturated carbocycles. The number of benzene rings is 2. The van der Waals surface area contributed by atoms with Crippen LogP contribution >= 0.6 is 0 Å². The molecule has 0 saturated heterocycles. The molecule has 0 amide bonds. The monoisotopic (exact) mass is 310 g/mol. The Morgan fingerprint density at radius 1 is 1.22 bits per heavy atom. The second-order valence-electron chi connectivity index (χ2n) is 5.21. The molecule has 0 aliphatic carbocycles. The lowest BCUT2D eigenvalue weighted by Gasteiger charge is -2.09. The van der Waals surface area contributed by atoms with Crippen molar-refractivity contribution in [3.05, 3.63) is 58.8 Å². The highest BCUT2D eigenvalue weighted by atomic mass is 16.5. The quantitative estimate of drug-likeness (QED) is 0.800. The molecule has 0 fully saturated rings. The zero-order valence-electron chi connectivity index (χ0n) is 13.4. The molecule has 4 heteroatoms. The van der Waals surface area contributed by atoms with Gasteiger partial charge in [0.2, 0.25) is 5.78 Å². The van der Waals surface area contributed by atoms with Crippen molar-refractivity contribution < 1.29 is 19.0 Å². The minimum atomic E-state index is -0.117. The van der Waals surface area contributed by atoms with Gasteiger partial charge in [-0.1, -0.05) is 12.1 Å². The molecule has 3 rings (SSSR count). The van der Waals surface area contributed by atoms with Crippen molar-refractivity contribution in [3.8, 4) is 17.2 Å². The van der Waals surface area contributed by atoms with E-state index < -0.39 is 0 Å². The molecule has 1 heterocycles. The van der Waals surface area contributed by atoms with Crippen LogP contribution in [0.25, 0.3) is 6.08 Å². The van der Waals surface area contributed by atoms with Crippen LogP contribution in [0.4, 0.5) is 0 Å². The number of carbonyl (C=O) groups excluding carboxylic acids is 1. The lowest BCUT2D eigenvalue weighted by Crippen LogP contribution is -1.98. The smallest absolute Gasteiger partial charge is 0.231 e. The summed E-state index contributed by atoms with van der Waals surface area (Å²) in [5.41, 5.74) is 2.26. The number of allylic oxidation sites excluding steroid dienone is 1. The average Bonchev–Trinajstić information content (AvgIpc) is 2.88. The first-order valence-corrected chi connectivity index (χ1v) is 7.48. The van der Waals surface area contributed by atoms with E-state index in [9.17, 15) is 4.79 Å². The second kappa shape index (κ2) is 6.16. The number of ketones is 1. The fourth-order valence-electron chi connectivity index (χ4n) is 2.56. The molecule has 0 radical (unpaired) electrons. The van der Waals surface area contributed by atoms with Crippen LogP contribution in [0.15, 0.2) is 42.2 Å². The molecule has 4 nitrogen and oxygen atoms in total. The molecule has 0 unspecified atom stereocenters. The summed E-state index contributed by atoms with van der Waals surface area (Å²) in [6.45, 7) is 4.39. The van der Waals surface area contributed by atoms with Crippen molar-refractivity contribution >= 4 is 11.9 Å². The summed E-state index contributed by atoms with van der Waals surface area (Å²) in [4.78, 5) is 12.5. The molecule has 1 aliphatic rings. The van der Waals surface area contributed by atoms with Gasteiger partial charge in [-0.05, 0) is 49.8 Å². The van der Waals surface area contributed by atoms with Gasteiger partial charge in [-0.25, -0.2) is 0 Å². The average molecular weight is 310 g/mol. The molecule has 1 aliphatic heterocycles. The number of fused-ring (bicyclic) bond motifs is 1. The summed E-state index contributed by atoms with van der Waals surface area (Å²) in [6, 6.07) is 11.0. The van der Waals surface area contributed by atoms with Gasteiger partial charge in [-0.15, -0.1) is 0 Å². The highest BCUT2D eigenvalue weighted by molar-refractivity contribution is 6.14. The number of Topliss-reactive ketones (excluding diaryl/α,β-unsaturated/α-hetero) is 1. The van der Waals surface area contributed by atoms with Gasteiger partial charge in [0.25, 0.3) is 0 Å². The number of ether oxygens (including phenoxy) is 3. The van der Waals surface area contributed by atoms with Crippen molar-refractivity contribution in [3.63, 3.8) is 0 Å². The maximum absolute atomic E-state index is 12.5. The third-order valence-electron chi connectivity index (χ3n) is 3.73. The zero-order chi connectivity index (χ0) is 16.4. The van der Waals surface area contributed by atoms with E-state index in [1.165, 1.54) is 0 Å². The molecular weight excluding hydrogens is 292 g/mol. The van der Waals surface area contributed by atoms with Crippen molar-refractivity contribution in [1.82, 2.24) is 0 Å². The minimum absolute atomic E-state index is 0.117. The van der Waals surface area contributed by atoms with Gasteiger partial charge in [-0.2, -0.15) is 0 Å². The van der Waals surface area contributed by atoms with Gasteiger partial charge in [0.15, 0.2) is 5.76 Å². The van der Waals surface area contributed by atoms with Crippen molar-refractivity contribution in [2.45, 2.75) is 13.8 Å². The Bertz CT molecular complexity index is 790. The Balaban J connectivity index is 1.96. The summed E-state index contributed by atoms with van der Waals surface area (Å²) in [6.07, 6.45) is 1.73. The van der Waals surface area contributed by atoms with Crippen LogP contribution in [0.3, 0.4) is 0 Å². The van der Waals surface area contributed by atoms with Gasteiger partial charge >= 0.3 is 0 Å². The number of methoxy groups -OCH3 is 1. The van der Waals surface area contributed by atoms with Gasteiger partial charge in [0.05, 0.1) is 19.3 Å². The number of hydrogen-bond acceptors (Lipinski definition) is 4. The maximum atomic E-state index is 12.5. The third-order valence-corrected chi connectivity index (χ3v) is 3.73. The van der Waals surface area contributed by atoms with E-state index in [-0.39, 0.29) is 5.78 Å². The summed E-state index contributed by atoms with van der Waals surface area (Å²) in [7, 11) is 1.61. The minimum Gasteiger partial charge on any atom is -0.497 e. The fourth-order valence-corrected chi connectivity index (χ4v) is 2.56. The van der Waals surface area contributed by atoms with E-state index in [1.54, 1.807) is 19.3 Å². The first kappa shape index (κ1) is 15.2. The van der Waals surface area contributed by atoms with Crippen LogP contribution < -0.4 is 14.2 Å². The molecule has 0 aromatic heterocycles.